The van der Waals surface area contributed by atoms with Gasteiger partial charge in [-0.3, -0.25) is 4.79 Å². The van der Waals surface area contributed by atoms with E-state index in [1.165, 1.54) is 12.1 Å². The van der Waals surface area contributed by atoms with E-state index in [0.29, 0.717) is 6.29 Å². The van der Waals surface area contributed by atoms with Crippen molar-refractivity contribution >= 4 is 35.5 Å². The molecule has 0 radical (unpaired) electrons. The van der Waals surface area contributed by atoms with E-state index in [-0.39, 0.29) is 28.2 Å². The summed E-state index contributed by atoms with van der Waals surface area (Å²) in [6.45, 7) is 0. The van der Waals surface area contributed by atoms with Gasteiger partial charge in [0.15, 0.2) is 18.1 Å². The lowest BCUT2D eigenvalue weighted by atomic mass is 10.2. The zero-order valence-corrected chi connectivity index (χ0v) is 9.28. The Balaban J connectivity index is 3.22. The summed E-state index contributed by atoms with van der Waals surface area (Å²) in [4.78, 5) is 17.5. The van der Waals surface area contributed by atoms with Crippen molar-refractivity contribution in [1.82, 2.24) is 0 Å². The van der Waals surface area contributed by atoms with Crippen LogP contribution in [0.15, 0.2) is 22.1 Å². The van der Waals surface area contributed by atoms with Crippen molar-refractivity contribution in [2.45, 2.75) is 0 Å². The molecule has 0 unspecified atom stereocenters. The molecule has 0 spiro atoms. The Morgan fingerprint density at radius 2 is 2.00 bits per heavy atom. The molecule has 0 aliphatic carbocycles. The molecule has 0 aliphatic rings. The molecule has 1 aromatic carbocycles. The minimum atomic E-state index is -0.870. The third-order valence-corrected chi connectivity index (χ3v) is 2.08. The molecular weight excluding hydrogens is 249 g/mol. The number of hydrogen-bond donors (Lipinski definition) is 3. The first-order valence-corrected chi connectivity index (χ1v) is 4.70. The van der Waals surface area contributed by atoms with Gasteiger partial charge in [-0.25, -0.2) is 9.38 Å². The molecule has 6 N–H and O–H groups in total. The van der Waals surface area contributed by atoms with Crippen LogP contribution in [0.25, 0.3) is 0 Å². The van der Waals surface area contributed by atoms with Gasteiger partial charge in [0.1, 0.15) is 5.69 Å². The standard InChI is InChI=1S/C9H9ClFN5O/c10-6-4(3-17)1-2-5(7(6)11)15-9(14)16-8(12)13/h1-3H,(H6,12,13,14,15,16). The number of aldehydes is 1. The highest BCUT2D eigenvalue weighted by Crippen LogP contribution is 2.27. The van der Waals surface area contributed by atoms with Gasteiger partial charge in [0, 0.05) is 5.56 Å². The SMILES string of the molecule is NC(N)=NC(N)=Nc1ccc(C=O)c(Cl)c1F. The fourth-order valence-electron chi connectivity index (χ4n) is 1.01. The number of guanidine groups is 2. The van der Waals surface area contributed by atoms with Gasteiger partial charge < -0.3 is 17.2 Å². The molecule has 0 amide bonds. The van der Waals surface area contributed by atoms with E-state index in [4.69, 9.17) is 28.8 Å². The van der Waals surface area contributed by atoms with Crippen LogP contribution < -0.4 is 17.2 Å². The number of carbonyl (C=O) groups is 1. The largest absolute Gasteiger partial charge is 0.370 e. The first-order chi connectivity index (χ1) is 7.95. The van der Waals surface area contributed by atoms with Crippen LogP contribution in [0.5, 0.6) is 0 Å². The molecule has 0 aliphatic heterocycles. The molecule has 8 heteroatoms. The number of rotatable bonds is 2. The van der Waals surface area contributed by atoms with Crippen LogP contribution in [-0.2, 0) is 0 Å². The summed E-state index contributed by atoms with van der Waals surface area (Å²) >= 11 is 5.59. The average molecular weight is 258 g/mol. The second-order valence-electron chi connectivity index (χ2n) is 2.93. The number of benzene rings is 1. The maximum atomic E-state index is 13.6. The van der Waals surface area contributed by atoms with Crippen LogP contribution in [0.3, 0.4) is 0 Å². The average Bonchev–Trinajstić information content (AvgIpc) is 2.24. The lowest BCUT2D eigenvalue weighted by molar-refractivity contribution is 0.112. The van der Waals surface area contributed by atoms with Crippen molar-refractivity contribution in [2.75, 3.05) is 0 Å². The molecular formula is C9H9ClFN5O. The second-order valence-corrected chi connectivity index (χ2v) is 3.30. The molecule has 17 heavy (non-hydrogen) atoms. The lowest BCUT2D eigenvalue weighted by Gasteiger charge is -2.02. The van der Waals surface area contributed by atoms with E-state index in [1.807, 2.05) is 0 Å². The molecule has 1 rings (SSSR count). The molecule has 0 aromatic heterocycles. The predicted molar refractivity (Wildman–Crippen MR) is 63.9 cm³/mol. The van der Waals surface area contributed by atoms with E-state index in [0.717, 1.165) is 0 Å². The molecule has 0 heterocycles. The number of nitrogens with zero attached hydrogens (tertiary/aromatic N) is 2. The van der Waals surface area contributed by atoms with Crippen molar-refractivity contribution in [3.05, 3.63) is 28.5 Å². The Labute approximate surface area is 101 Å². The Morgan fingerprint density at radius 3 is 2.53 bits per heavy atom. The van der Waals surface area contributed by atoms with Crippen molar-refractivity contribution in [3.63, 3.8) is 0 Å². The van der Waals surface area contributed by atoms with Gasteiger partial charge in [0.05, 0.1) is 5.02 Å². The highest BCUT2D eigenvalue weighted by Gasteiger charge is 2.10. The van der Waals surface area contributed by atoms with Crippen LogP contribution in [0, 0.1) is 5.82 Å². The van der Waals surface area contributed by atoms with Gasteiger partial charge in [-0.1, -0.05) is 11.6 Å². The van der Waals surface area contributed by atoms with Gasteiger partial charge in [-0.05, 0) is 12.1 Å². The number of carbonyl (C=O) groups excluding carboxylic acids is 1. The Kier molecular flexibility index (Phi) is 4.00. The number of halogens is 2. The minimum absolute atomic E-state index is 0.0172. The van der Waals surface area contributed by atoms with Crippen molar-refractivity contribution < 1.29 is 9.18 Å². The van der Waals surface area contributed by atoms with E-state index in [9.17, 15) is 9.18 Å². The zero-order valence-electron chi connectivity index (χ0n) is 8.52. The number of aliphatic imine (C=N–C) groups is 2. The van der Waals surface area contributed by atoms with Crippen molar-refractivity contribution in [2.24, 2.45) is 27.2 Å². The Hall–Kier alpha value is -2.15. The third kappa shape index (κ3) is 3.15. The predicted octanol–water partition coefficient (Wildman–Crippen LogP) is 0.511. The van der Waals surface area contributed by atoms with Gasteiger partial charge in [-0.2, -0.15) is 4.99 Å². The minimum Gasteiger partial charge on any atom is -0.370 e. The smallest absolute Gasteiger partial charge is 0.223 e. The van der Waals surface area contributed by atoms with Crippen LogP contribution in [0.4, 0.5) is 10.1 Å². The maximum Gasteiger partial charge on any atom is 0.223 e. The molecule has 0 saturated heterocycles. The summed E-state index contributed by atoms with van der Waals surface area (Å²) in [6.07, 6.45) is 0.429. The first-order valence-electron chi connectivity index (χ1n) is 4.32. The summed E-state index contributed by atoms with van der Waals surface area (Å²) in [7, 11) is 0. The Morgan fingerprint density at radius 1 is 1.35 bits per heavy atom. The monoisotopic (exact) mass is 257 g/mol. The maximum absolute atomic E-state index is 13.6. The highest BCUT2D eigenvalue weighted by atomic mass is 35.5. The van der Waals surface area contributed by atoms with Gasteiger partial charge in [0.25, 0.3) is 0 Å². The normalized spacial score (nSPS) is 11.1. The van der Waals surface area contributed by atoms with Gasteiger partial charge >= 0.3 is 0 Å². The fraction of sp³-hybridized carbons (Fsp3) is 0. The van der Waals surface area contributed by atoms with Crippen LogP contribution in [0.2, 0.25) is 5.02 Å². The molecule has 6 nitrogen and oxygen atoms in total. The summed E-state index contributed by atoms with van der Waals surface area (Å²) < 4.78 is 13.6. The summed E-state index contributed by atoms with van der Waals surface area (Å²) in [5.74, 6) is -1.49. The number of nitrogens with two attached hydrogens (primary N) is 3. The van der Waals surface area contributed by atoms with E-state index in [2.05, 4.69) is 9.98 Å². The van der Waals surface area contributed by atoms with E-state index >= 15 is 0 Å². The first kappa shape index (κ1) is 12.9. The molecule has 90 valence electrons. The second kappa shape index (κ2) is 5.26. The van der Waals surface area contributed by atoms with Crippen molar-refractivity contribution in [3.8, 4) is 0 Å². The van der Waals surface area contributed by atoms with Crippen molar-refractivity contribution in [1.29, 1.82) is 0 Å². The van der Waals surface area contributed by atoms with Crippen LogP contribution in [-0.4, -0.2) is 18.2 Å². The number of hydrogen-bond acceptors (Lipinski definition) is 2. The third-order valence-electron chi connectivity index (χ3n) is 1.70. The topological polar surface area (TPSA) is 120 Å². The van der Waals surface area contributed by atoms with Gasteiger partial charge in [-0.15, -0.1) is 0 Å². The van der Waals surface area contributed by atoms with E-state index < -0.39 is 5.82 Å². The quantitative estimate of drug-likeness (QED) is 0.406. The summed E-state index contributed by atoms with van der Waals surface area (Å²) in [5, 5.41) is -0.334. The van der Waals surface area contributed by atoms with E-state index in [1.54, 1.807) is 0 Å². The fourth-order valence-corrected chi connectivity index (χ4v) is 1.22. The van der Waals surface area contributed by atoms with Crippen LogP contribution in [0.1, 0.15) is 10.4 Å². The summed E-state index contributed by atoms with van der Waals surface area (Å²) in [5.41, 5.74) is 15.3. The summed E-state index contributed by atoms with van der Waals surface area (Å²) in [6, 6.07) is 2.54. The molecule has 0 atom stereocenters. The van der Waals surface area contributed by atoms with Crippen LogP contribution >= 0.6 is 11.6 Å². The molecule has 0 bridgehead atoms. The zero-order chi connectivity index (χ0) is 13.0. The van der Waals surface area contributed by atoms with Gasteiger partial charge in [0.2, 0.25) is 5.96 Å². The molecule has 1 aromatic rings. The molecule has 0 fully saturated rings. The highest BCUT2D eigenvalue weighted by molar-refractivity contribution is 6.33. The lowest BCUT2D eigenvalue weighted by Crippen LogP contribution is -2.26. The Bertz CT molecular complexity index is 510. The molecule has 0 saturated carbocycles.